The number of carbonyl (C=O) groups is 1. The van der Waals surface area contributed by atoms with Gasteiger partial charge < -0.3 is 4.90 Å². The lowest BCUT2D eigenvalue weighted by molar-refractivity contribution is -0.131. The van der Waals surface area contributed by atoms with E-state index in [1.165, 1.54) is 22.9 Å². The second kappa shape index (κ2) is 8.15. The summed E-state index contributed by atoms with van der Waals surface area (Å²) in [5.74, 6) is 0.144. The molecule has 1 aliphatic rings. The zero-order valence-corrected chi connectivity index (χ0v) is 16.9. The highest BCUT2D eigenvalue weighted by atomic mass is 32.2. The highest BCUT2D eigenvalue weighted by Crippen LogP contribution is 2.27. The minimum Gasteiger partial charge on any atom is -0.337 e. The molecule has 0 aliphatic carbocycles. The third-order valence-electron chi connectivity index (χ3n) is 4.98. The van der Waals surface area contributed by atoms with Gasteiger partial charge in [-0.2, -0.15) is 0 Å². The summed E-state index contributed by atoms with van der Waals surface area (Å²) in [4.78, 5) is 24.2. The van der Waals surface area contributed by atoms with E-state index in [9.17, 15) is 4.79 Å². The van der Waals surface area contributed by atoms with E-state index in [1.54, 1.807) is 0 Å². The predicted octanol–water partition coefficient (Wildman–Crippen LogP) is 4.52. The molecule has 0 bridgehead atoms. The molecule has 0 unspecified atom stereocenters. The number of hydrogen-bond donors (Lipinski definition) is 0. The molecule has 28 heavy (non-hydrogen) atoms. The van der Waals surface area contributed by atoms with Gasteiger partial charge in [-0.3, -0.25) is 4.79 Å². The first-order valence-electron chi connectivity index (χ1n) is 9.53. The average molecular weight is 390 g/mol. The normalized spacial score (nSPS) is 14.4. The Morgan fingerprint density at radius 2 is 1.75 bits per heavy atom. The summed E-state index contributed by atoms with van der Waals surface area (Å²) in [5, 5.41) is 0.424. The minimum atomic E-state index is -0.226. The summed E-state index contributed by atoms with van der Waals surface area (Å²) in [5.41, 5.74) is 5.45. The number of rotatable bonds is 4. The van der Waals surface area contributed by atoms with Gasteiger partial charge >= 0.3 is 0 Å². The number of nitrogens with zero attached hydrogens (tertiary/aromatic N) is 3. The third-order valence-corrected chi connectivity index (χ3v) is 5.92. The van der Waals surface area contributed by atoms with Gasteiger partial charge in [-0.25, -0.2) is 9.97 Å². The van der Waals surface area contributed by atoms with Crippen LogP contribution in [-0.4, -0.2) is 32.6 Å². The molecular formula is C23H23N3OS. The van der Waals surface area contributed by atoms with Crippen molar-refractivity contribution in [1.29, 1.82) is 0 Å². The Morgan fingerprint density at radius 3 is 2.54 bits per heavy atom. The highest BCUT2D eigenvalue weighted by molar-refractivity contribution is 8.00. The van der Waals surface area contributed by atoms with Gasteiger partial charge in [0, 0.05) is 24.3 Å². The molecular weight excluding hydrogens is 366 g/mol. The number of aryl methyl sites for hydroxylation is 1. The Hall–Kier alpha value is -2.66. The van der Waals surface area contributed by atoms with E-state index in [0.29, 0.717) is 11.7 Å². The summed E-state index contributed by atoms with van der Waals surface area (Å²) in [6, 6.07) is 20.4. The Balaban J connectivity index is 1.48. The smallest absolute Gasteiger partial charge is 0.236 e. The van der Waals surface area contributed by atoms with Gasteiger partial charge in [0.05, 0.1) is 10.9 Å². The molecule has 3 aromatic rings. The number of aromatic nitrogens is 2. The minimum absolute atomic E-state index is 0.144. The number of benzene rings is 2. The Bertz CT molecular complexity index is 990. The van der Waals surface area contributed by atoms with Crippen molar-refractivity contribution < 1.29 is 4.79 Å². The molecule has 2 heterocycles. The zero-order valence-electron chi connectivity index (χ0n) is 16.1. The van der Waals surface area contributed by atoms with Crippen LogP contribution in [0.25, 0.3) is 11.3 Å². The molecule has 0 saturated heterocycles. The highest BCUT2D eigenvalue weighted by Gasteiger charge is 2.26. The second-order valence-electron chi connectivity index (χ2n) is 7.08. The van der Waals surface area contributed by atoms with Crippen LogP contribution in [0.15, 0.2) is 65.8 Å². The van der Waals surface area contributed by atoms with Crippen molar-refractivity contribution in [2.75, 3.05) is 6.54 Å². The van der Waals surface area contributed by atoms with Crippen LogP contribution in [0.1, 0.15) is 23.7 Å². The van der Waals surface area contributed by atoms with Crippen molar-refractivity contribution in [1.82, 2.24) is 14.9 Å². The molecule has 0 spiro atoms. The van der Waals surface area contributed by atoms with Crippen LogP contribution in [-0.2, 0) is 17.8 Å². The SMILES string of the molecule is Cc1cc(-c2ccccc2)nc(S[C@H](C)C(=O)N2CCc3ccccc3C2)n1. The third kappa shape index (κ3) is 4.09. The van der Waals surface area contributed by atoms with Crippen LogP contribution in [0.5, 0.6) is 0 Å². The molecule has 1 aromatic heterocycles. The summed E-state index contributed by atoms with van der Waals surface area (Å²) in [6.07, 6.45) is 0.915. The molecule has 0 saturated carbocycles. The van der Waals surface area contributed by atoms with E-state index in [4.69, 9.17) is 0 Å². The van der Waals surface area contributed by atoms with Gasteiger partial charge in [0.25, 0.3) is 0 Å². The summed E-state index contributed by atoms with van der Waals surface area (Å²) in [6.45, 7) is 5.36. The zero-order chi connectivity index (χ0) is 19.5. The maximum Gasteiger partial charge on any atom is 0.236 e. The van der Waals surface area contributed by atoms with Gasteiger partial charge in [-0.1, -0.05) is 66.4 Å². The van der Waals surface area contributed by atoms with Crippen LogP contribution in [0.4, 0.5) is 0 Å². The molecule has 1 amide bonds. The number of thioether (sulfide) groups is 1. The summed E-state index contributed by atoms with van der Waals surface area (Å²) < 4.78 is 0. The van der Waals surface area contributed by atoms with Gasteiger partial charge in [-0.05, 0) is 37.5 Å². The topological polar surface area (TPSA) is 46.1 Å². The van der Waals surface area contributed by atoms with Crippen molar-refractivity contribution in [2.45, 2.75) is 37.2 Å². The van der Waals surface area contributed by atoms with Crippen molar-refractivity contribution in [2.24, 2.45) is 0 Å². The van der Waals surface area contributed by atoms with E-state index in [1.807, 2.05) is 61.2 Å². The molecule has 1 aliphatic heterocycles. The summed E-state index contributed by atoms with van der Waals surface area (Å²) >= 11 is 1.44. The van der Waals surface area contributed by atoms with Gasteiger partial charge in [-0.15, -0.1) is 0 Å². The molecule has 1 atom stereocenters. The van der Waals surface area contributed by atoms with E-state index in [-0.39, 0.29) is 11.2 Å². The first-order chi connectivity index (χ1) is 13.6. The maximum absolute atomic E-state index is 13.0. The quantitative estimate of drug-likeness (QED) is 0.486. The lowest BCUT2D eigenvalue weighted by Crippen LogP contribution is -2.40. The van der Waals surface area contributed by atoms with E-state index in [0.717, 1.165) is 29.9 Å². The largest absolute Gasteiger partial charge is 0.337 e. The van der Waals surface area contributed by atoms with Gasteiger partial charge in [0.1, 0.15) is 0 Å². The van der Waals surface area contributed by atoms with Crippen LogP contribution in [0.2, 0.25) is 0 Å². The number of amides is 1. The van der Waals surface area contributed by atoms with E-state index in [2.05, 4.69) is 28.2 Å². The first-order valence-corrected chi connectivity index (χ1v) is 10.4. The molecule has 4 rings (SSSR count). The predicted molar refractivity (Wildman–Crippen MR) is 113 cm³/mol. The monoisotopic (exact) mass is 389 g/mol. The lowest BCUT2D eigenvalue weighted by atomic mass is 10.00. The van der Waals surface area contributed by atoms with E-state index < -0.39 is 0 Å². The molecule has 2 aromatic carbocycles. The fourth-order valence-electron chi connectivity index (χ4n) is 3.50. The van der Waals surface area contributed by atoms with Gasteiger partial charge in [0.2, 0.25) is 5.91 Å². The molecule has 0 radical (unpaired) electrons. The van der Waals surface area contributed by atoms with Crippen molar-refractivity contribution in [3.63, 3.8) is 0 Å². The van der Waals surface area contributed by atoms with Crippen LogP contribution >= 0.6 is 11.8 Å². The molecule has 0 fully saturated rings. The standard InChI is InChI=1S/C23H23N3OS/c1-16-14-21(19-9-4-3-5-10-19)25-23(24-16)28-17(2)22(27)26-13-12-18-8-6-7-11-20(18)15-26/h3-11,14,17H,12-13,15H2,1-2H3/t17-/m1/s1. The number of hydrogen-bond acceptors (Lipinski definition) is 4. The Labute approximate surface area is 170 Å². The van der Waals surface area contributed by atoms with Crippen LogP contribution in [0.3, 0.4) is 0 Å². The number of carbonyl (C=O) groups excluding carboxylic acids is 1. The molecule has 142 valence electrons. The molecule has 5 heteroatoms. The maximum atomic E-state index is 13.0. The van der Waals surface area contributed by atoms with Crippen molar-refractivity contribution in [3.8, 4) is 11.3 Å². The summed E-state index contributed by atoms with van der Waals surface area (Å²) in [7, 11) is 0. The van der Waals surface area contributed by atoms with Crippen molar-refractivity contribution >= 4 is 17.7 Å². The molecule has 0 N–H and O–H groups in total. The van der Waals surface area contributed by atoms with Crippen LogP contribution in [0, 0.1) is 6.92 Å². The van der Waals surface area contributed by atoms with Crippen LogP contribution < -0.4 is 0 Å². The van der Waals surface area contributed by atoms with Crippen molar-refractivity contribution in [3.05, 3.63) is 77.5 Å². The fraction of sp³-hybridized carbons (Fsp3) is 0.261. The van der Waals surface area contributed by atoms with E-state index >= 15 is 0 Å². The first kappa shape index (κ1) is 18.7. The molecule has 4 nitrogen and oxygen atoms in total. The number of fused-ring (bicyclic) bond motifs is 1. The van der Waals surface area contributed by atoms with Gasteiger partial charge in [0.15, 0.2) is 5.16 Å². The lowest BCUT2D eigenvalue weighted by Gasteiger charge is -2.30. The Morgan fingerprint density at radius 1 is 1.04 bits per heavy atom. The second-order valence-corrected chi connectivity index (χ2v) is 8.39. The Kier molecular flexibility index (Phi) is 5.44. The average Bonchev–Trinajstić information content (AvgIpc) is 2.73. The fourth-order valence-corrected chi connectivity index (χ4v) is 4.41.